The third-order valence-corrected chi connectivity index (χ3v) is 0.781. The van der Waals surface area contributed by atoms with Gasteiger partial charge in [-0.05, 0) is 6.42 Å². The van der Waals surface area contributed by atoms with Crippen LogP contribution in [-0.2, 0) is 9.59 Å². The molecule has 9 heteroatoms. The monoisotopic (exact) mass is 247 g/mol. The molecule has 52 valence electrons. The summed E-state index contributed by atoms with van der Waals surface area (Å²) < 4.78 is 0. The van der Waals surface area contributed by atoms with Crippen molar-refractivity contribution in [3.63, 3.8) is 0 Å². The molecule has 2 N–H and O–H groups in total. The normalized spacial score (nSPS) is 5.71. The minimum atomic E-state index is -0.948. The van der Waals surface area contributed by atoms with Crippen molar-refractivity contribution >= 4 is 11.9 Å². The van der Waals surface area contributed by atoms with Gasteiger partial charge in [0, 0.05) is 12.8 Å². The molecule has 0 aliphatic carbocycles. The van der Waals surface area contributed by atoms with Crippen LogP contribution in [0.1, 0.15) is 19.3 Å². The fourth-order valence-electron chi connectivity index (χ4n) is 0.391. The zero-order chi connectivity index (χ0) is 7.28. The number of hydrogen-bond donors (Lipinski definition) is 2. The van der Waals surface area contributed by atoms with Crippen molar-refractivity contribution in [2.45, 2.75) is 19.3 Å². The molecule has 0 rings (SSSR count). The Morgan fingerprint density at radius 3 is 1.07 bits per heavy atom. The summed E-state index contributed by atoms with van der Waals surface area (Å²) >= 11 is 0. The fourth-order valence-corrected chi connectivity index (χ4v) is 0.391. The minimum absolute atomic E-state index is 0. The number of carbonyl (C=O) groups is 2. The van der Waals surface area contributed by atoms with Crippen molar-refractivity contribution in [2.24, 2.45) is 0 Å². The van der Waals surface area contributed by atoms with E-state index in [1.165, 1.54) is 0 Å². The van der Waals surface area contributed by atoms with Gasteiger partial charge in [0.2, 0.25) is 0 Å². The Bertz CT molecular complexity index is 117. The maximum Gasteiger partial charge on any atom is 1.00 e. The van der Waals surface area contributed by atoms with E-state index in [0.717, 1.165) is 0 Å². The predicted octanol–water partition coefficient (Wildman–Crippen LogP) is -14.7. The van der Waals surface area contributed by atoms with Crippen LogP contribution in [0.2, 0.25) is 0 Å². The smallest absolute Gasteiger partial charge is 0.481 e. The molecule has 0 radical (unpaired) electrons. The van der Waals surface area contributed by atoms with E-state index in [2.05, 4.69) is 0 Å². The molecular formula is C5H8Na5O4+5. The quantitative estimate of drug-likeness (QED) is 0.484. The first-order chi connectivity index (χ1) is 4.13. The first kappa shape index (κ1) is 36.1. The molecule has 0 saturated heterocycles. The Labute approximate surface area is 194 Å². The molecule has 0 aromatic carbocycles. The molecule has 0 fully saturated rings. The maximum atomic E-state index is 9.79. The Balaban J connectivity index is -0.0000000320. The van der Waals surface area contributed by atoms with Gasteiger partial charge < -0.3 is 10.2 Å². The molecule has 0 atom stereocenters. The summed E-state index contributed by atoms with van der Waals surface area (Å²) in [5.74, 6) is -1.90. The Morgan fingerprint density at radius 2 is 0.929 bits per heavy atom. The molecule has 0 aliphatic rings. The van der Waals surface area contributed by atoms with Gasteiger partial charge in [0.25, 0.3) is 0 Å². The van der Waals surface area contributed by atoms with Crippen molar-refractivity contribution in [2.75, 3.05) is 0 Å². The molecule has 0 heterocycles. The molecule has 0 aromatic rings. The number of rotatable bonds is 4. The first-order valence-electron chi connectivity index (χ1n) is 2.56. The Hall–Kier alpha value is 3.94. The van der Waals surface area contributed by atoms with E-state index < -0.39 is 11.9 Å². The molecule has 0 amide bonds. The number of carboxylic acid groups (broad SMARTS) is 2. The maximum absolute atomic E-state index is 9.79. The van der Waals surface area contributed by atoms with Gasteiger partial charge in [-0.25, -0.2) is 0 Å². The first-order valence-corrected chi connectivity index (χ1v) is 2.56. The second kappa shape index (κ2) is 25.7. The summed E-state index contributed by atoms with van der Waals surface area (Å²) in [5.41, 5.74) is 0. The Kier molecular flexibility index (Phi) is 66.3. The molecule has 0 spiro atoms. The van der Waals surface area contributed by atoms with Crippen LogP contribution in [0, 0.1) is 0 Å². The third kappa shape index (κ3) is 36.0. The average molecular weight is 247 g/mol. The van der Waals surface area contributed by atoms with Crippen LogP contribution < -0.4 is 148 Å². The zero-order valence-corrected chi connectivity index (χ0v) is 19.8. The second-order valence-electron chi connectivity index (χ2n) is 1.64. The standard InChI is InChI=1S/C5H8O4.5Na/c6-4(7)2-1-3-5(8)9;;;;;/h1-3H2,(H,6,7)(H,8,9);;;;;/q;5*+1. The molecular weight excluding hydrogens is 239 g/mol. The summed E-state index contributed by atoms with van der Waals surface area (Å²) in [7, 11) is 0. The SMILES string of the molecule is O=C(O)CCCC(=O)O.[Na+].[Na+].[Na+].[Na+].[Na+]. The van der Waals surface area contributed by atoms with Crippen LogP contribution >= 0.6 is 0 Å². The van der Waals surface area contributed by atoms with E-state index in [9.17, 15) is 9.59 Å². The minimum Gasteiger partial charge on any atom is -0.481 e. The third-order valence-electron chi connectivity index (χ3n) is 0.781. The molecule has 0 bridgehead atoms. The number of aliphatic carboxylic acids is 2. The van der Waals surface area contributed by atoms with Gasteiger partial charge in [0.1, 0.15) is 0 Å². The van der Waals surface area contributed by atoms with E-state index in [4.69, 9.17) is 10.2 Å². The fraction of sp³-hybridized carbons (Fsp3) is 0.600. The molecule has 0 aromatic heterocycles. The number of carboxylic acids is 2. The van der Waals surface area contributed by atoms with Gasteiger partial charge in [-0.3, -0.25) is 9.59 Å². The van der Waals surface area contributed by atoms with Crippen molar-refractivity contribution in [3.8, 4) is 0 Å². The van der Waals surface area contributed by atoms with E-state index in [1.54, 1.807) is 0 Å². The van der Waals surface area contributed by atoms with Crippen LogP contribution in [0.25, 0.3) is 0 Å². The topological polar surface area (TPSA) is 74.6 Å². The summed E-state index contributed by atoms with van der Waals surface area (Å²) in [5, 5.41) is 16.1. The molecule has 14 heavy (non-hydrogen) atoms. The van der Waals surface area contributed by atoms with Crippen LogP contribution in [0.5, 0.6) is 0 Å². The molecule has 0 unspecified atom stereocenters. The van der Waals surface area contributed by atoms with Gasteiger partial charge in [-0.2, -0.15) is 0 Å². The van der Waals surface area contributed by atoms with Gasteiger partial charge in [-0.15, -0.1) is 0 Å². The van der Waals surface area contributed by atoms with Gasteiger partial charge in [-0.1, -0.05) is 0 Å². The van der Waals surface area contributed by atoms with Crippen molar-refractivity contribution in [3.05, 3.63) is 0 Å². The van der Waals surface area contributed by atoms with Crippen LogP contribution in [0.3, 0.4) is 0 Å². The molecule has 4 nitrogen and oxygen atoms in total. The van der Waals surface area contributed by atoms with Crippen LogP contribution in [-0.4, -0.2) is 22.2 Å². The van der Waals surface area contributed by atoms with Crippen LogP contribution in [0.4, 0.5) is 0 Å². The van der Waals surface area contributed by atoms with Crippen molar-refractivity contribution in [1.82, 2.24) is 0 Å². The predicted molar refractivity (Wildman–Crippen MR) is 29.1 cm³/mol. The zero-order valence-electron chi connectivity index (χ0n) is 9.83. The summed E-state index contributed by atoms with van der Waals surface area (Å²) in [4.78, 5) is 19.6. The van der Waals surface area contributed by atoms with Gasteiger partial charge in [0.05, 0.1) is 0 Å². The summed E-state index contributed by atoms with van der Waals surface area (Å²) in [6, 6.07) is 0. The average Bonchev–Trinajstić information content (AvgIpc) is 1.63. The number of hydrogen-bond acceptors (Lipinski definition) is 2. The van der Waals surface area contributed by atoms with Crippen molar-refractivity contribution < 1.29 is 168 Å². The summed E-state index contributed by atoms with van der Waals surface area (Å²) in [6.07, 6.45) is 0.0866. The van der Waals surface area contributed by atoms with E-state index in [0.29, 0.717) is 0 Å². The van der Waals surface area contributed by atoms with E-state index in [1.807, 2.05) is 0 Å². The summed E-state index contributed by atoms with van der Waals surface area (Å²) in [6.45, 7) is 0. The van der Waals surface area contributed by atoms with Gasteiger partial charge >= 0.3 is 160 Å². The van der Waals surface area contributed by atoms with E-state index >= 15 is 0 Å². The second-order valence-corrected chi connectivity index (χ2v) is 1.64. The largest absolute Gasteiger partial charge is 1.00 e. The molecule has 0 saturated carbocycles. The Morgan fingerprint density at radius 1 is 0.714 bits per heavy atom. The van der Waals surface area contributed by atoms with Gasteiger partial charge in [0.15, 0.2) is 0 Å². The molecule has 0 aliphatic heterocycles. The van der Waals surface area contributed by atoms with Crippen LogP contribution in [0.15, 0.2) is 0 Å². The van der Waals surface area contributed by atoms with Crippen molar-refractivity contribution in [1.29, 1.82) is 0 Å². The van der Waals surface area contributed by atoms with E-state index in [-0.39, 0.29) is 167 Å².